The minimum Gasteiger partial charge on any atom is -0.352 e. The van der Waals surface area contributed by atoms with Gasteiger partial charge in [-0.05, 0) is 18.4 Å². The number of aromatic nitrogens is 2. The minimum atomic E-state index is 0.515. The van der Waals surface area contributed by atoms with Gasteiger partial charge in [-0.25, -0.2) is 9.97 Å². The third-order valence-electron chi connectivity index (χ3n) is 2.68. The van der Waals surface area contributed by atoms with Crippen LogP contribution in [-0.2, 0) is 13.0 Å². The van der Waals surface area contributed by atoms with Gasteiger partial charge in [0.1, 0.15) is 16.8 Å². The van der Waals surface area contributed by atoms with Gasteiger partial charge in [0.05, 0.1) is 6.54 Å². The van der Waals surface area contributed by atoms with Gasteiger partial charge in [-0.15, -0.1) is 11.3 Å². The Balaban J connectivity index is 2.24. The van der Waals surface area contributed by atoms with Crippen molar-refractivity contribution in [3.63, 3.8) is 0 Å². The second kappa shape index (κ2) is 6.16. The fourth-order valence-electron chi connectivity index (χ4n) is 1.72. The first-order valence-electron chi connectivity index (χ1n) is 6.03. The van der Waals surface area contributed by atoms with Gasteiger partial charge in [0.15, 0.2) is 0 Å². The average Bonchev–Trinajstić information content (AvgIpc) is 2.88. The molecule has 0 amide bonds. The molecule has 0 saturated heterocycles. The van der Waals surface area contributed by atoms with Crippen LogP contribution in [-0.4, -0.2) is 16.5 Å². The van der Waals surface area contributed by atoms with Crippen molar-refractivity contribution in [2.75, 3.05) is 11.4 Å². The lowest BCUT2D eigenvalue weighted by Crippen LogP contribution is -2.23. The molecule has 0 atom stereocenters. The molecule has 0 aliphatic carbocycles. The van der Waals surface area contributed by atoms with E-state index in [1.165, 1.54) is 4.88 Å². The summed E-state index contributed by atoms with van der Waals surface area (Å²) in [6.45, 7) is 5.92. The van der Waals surface area contributed by atoms with Crippen molar-refractivity contribution in [2.45, 2.75) is 26.8 Å². The number of halogens is 1. The van der Waals surface area contributed by atoms with Gasteiger partial charge >= 0.3 is 0 Å². The zero-order valence-electron chi connectivity index (χ0n) is 10.6. The monoisotopic (exact) mass is 281 g/mol. The third-order valence-corrected chi connectivity index (χ3v) is 3.73. The van der Waals surface area contributed by atoms with Crippen LogP contribution in [0.5, 0.6) is 0 Å². The Kier molecular flexibility index (Phi) is 4.55. The Morgan fingerprint density at radius 1 is 1.33 bits per heavy atom. The molecule has 2 aromatic heterocycles. The van der Waals surface area contributed by atoms with E-state index in [9.17, 15) is 0 Å². The SMILES string of the molecule is CCc1nc(Cl)cc(N(CC)Cc2cccs2)n1. The van der Waals surface area contributed by atoms with Crippen LogP contribution in [0, 0.1) is 0 Å². The lowest BCUT2D eigenvalue weighted by Gasteiger charge is -2.21. The van der Waals surface area contributed by atoms with Gasteiger partial charge in [-0.1, -0.05) is 24.6 Å². The van der Waals surface area contributed by atoms with E-state index in [-0.39, 0.29) is 0 Å². The van der Waals surface area contributed by atoms with E-state index in [4.69, 9.17) is 11.6 Å². The van der Waals surface area contributed by atoms with E-state index >= 15 is 0 Å². The summed E-state index contributed by atoms with van der Waals surface area (Å²) in [4.78, 5) is 12.3. The smallest absolute Gasteiger partial charge is 0.134 e. The lowest BCUT2D eigenvalue weighted by molar-refractivity contribution is 0.804. The molecule has 0 bridgehead atoms. The predicted molar refractivity (Wildman–Crippen MR) is 77.5 cm³/mol. The minimum absolute atomic E-state index is 0.515. The highest BCUT2D eigenvalue weighted by molar-refractivity contribution is 7.09. The second-order valence-corrected chi connectivity index (χ2v) is 5.33. The summed E-state index contributed by atoms with van der Waals surface area (Å²) in [7, 11) is 0. The molecular weight excluding hydrogens is 266 g/mol. The molecule has 96 valence electrons. The Morgan fingerprint density at radius 3 is 2.78 bits per heavy atom. The quantitative estimate of drug-likeness (QED) is 0.781. The van der Waals surface area contributed by atoms with Crippen LogP contribution in [0.4, 0.5) is 5.82 Å². The molecule has 0 spiro atoms. The zero-order chi connectivity index (χ0) is 13.0. The molecule has 0 aliphatic rings. The van der Waals surface area contributed by atoms with Gasteiger partial charge in [0, 0.05) is 23.9 Å². The average molecular weight is 282 g/mol. The number of thiophene rings is 1. The van der Waals surface area contributed by atoms with Gasteiger partial charge in [-0.3, -0.25) is 0 Å². The highest BCUT2D eigenvalue weighted by Gasteiger charge is 2.10. The predicted octanol–water partition coefficient (Wildman–Crippen LogP) is 3.78. The first-order valence-corrected chi connectivity index (χ1v) is 7.29. The normalized spacial score (nSPS) is 10.6. The topological polar surface area (TPSA) is 29.0 Å². The number of nitrogens with zero attached hydrogens (tertiary/aromatic N) is 3. The van der Waals surface area contributed by atoms with E-state index in [1.807, 2.05) is 13.0 Å². The largest absolute Gasteiger partial charge is 0.352 e. The molecule has 3 nitrogen and oxygen atoms in total. The van der Waals surface area contributed by atoms with Crippen LogP contribution in [0.25, 0.3) is 0 Å². The first-order chi connectivity index (χ1) is 8.72. The molecule has 0 unspecified atom stereocenters. The number of hydrogen-bond acceptors (Lipinski definition) is 4. The lowest BCUT2D eigenvalue weighted by atomic mass is 10.3. The molecular formula is C13H16ClN3S. The fraction of sp³-hybridized carbons (Fsp3) is 0.385. The maximum atomic E-state index is 6.04. The van der Waals surface area contributed by atoms with E-state index < -0.39 is 0 Å². The summed E-state index contributed by atoms with van der Waals surface area (Å²) in [5.74, 6) is 1.70. The molecule has 2 heterocycles. The van der Waals surface area contributed by atoms with Crippen LogP contribution in [0.1, 0.15) is 24.5 Å². The van der Waals surface area contributed by atoms with Crippen molar-refractivity contribution in [3.05, 3.63) is 39.4 Å². The van der Waals surface area contributed by atoms with Crippen LogP contribution in [0.2, 0.25) is 5.15 Å². The molecule has 0 aromatic carbocycles. The van der Waals surface area contributed by atoms with Crippen molar-refractivity contribution >= 4 is 28.8 Å². The Morgan fingerprint density at radius 2 is 2.17 bits per heavy atom. The number of anilines is 1. The summed E-state index contributed by atoms with van der Waals surface area (Å²) >= 11 is 7.79. The summed E-state index contributed by atoms with van der Waals surface area (Å²) < 4.78 is 0. The van der Waals surface area contributed by atoms with Crippen LogP contribution < -0.4 is 4.90 Å². The molecule has 5 heteroatoms. The van der Waals surface area contributed by atoms with Crippen LogP contribution >= 0.6 is 22.9 Å². The molecule has 2 aromatic rings. The highest BCUT2D eigenvalue weighted by Crippen LogP contribution is 2.20. The van der Waals surface area contributed by atoms with E-state index in [2.05, 4.69) is 39.3 Å². The zero-order valence-corrected chi connectivity index (χ0v) is 12.1. The van der Waals surface area contributed by atoms with Crippen LogP contribution in [0.3, 0.4) is 0 Å². The molecule has 2 rings (SSSR count). The first kappa shape index (κ1) is 13.3. The molecule has 0 radical (unpaired) electrons. The van der Waals surface area contributed by atoms with Crippen molar-refractivity contribution < 1.29 is 0 Å². The molecule has 0 fully saturated rings. The van der Waals surface area contributed by atoms with Crippen molar-refractivity contribution in [2.24, 2.45) is 0 Å². The van der Waals surface area contributed by atoms with Crippen molar-refractivity contribution in [1.29, 1.82) is 0 Å². The Labute approximate surface area is 116 Å². The molecule has 0 N–H and O–H groups in total. The molecule has 0 saturated carbocycles. The van der Waals surface area contributed by atoms with E-state index in [0.29, 0.717) is 5.15 Å². The Hall–Kier alpha value is -1.13. The van der Waals surface area contributed by atoms with Gasteiger partial charge < -0.3 is 4.90 Å². The van der Waals surface area contributed by atoms with Crippen LogP contribution in [0.15, 0.2) is 23.6 Å². The van der Waals surface area contributed by atoms with Gasteiger partial charge in [-0.2, -0.15) is 0 Å². The maximum Gasteiger partial charge on any atom is 0.134 e. The second-order valence-electron chi connectivity index (χ2n) is 3.91. The molecule has 0 aliphatic heterocycles. The van der Waals surface area contributed by atoms with Gasteiger partial charge in [0.2, 0.25) is 0 Å². The van der Waals surface area contributed by atoms with Crippen molar-refractivity contribution in [3.8, 4) is 0 Å². The third kappa shape index (κ3) is 3.21. The van der Waals surface area contributed by atoms with E-state index in [1.54, 1.807) is 11.3 Å². The number of rotatable bonds is 5. The summed E-state index contributed by atoms with van der Waals surface area (Å²) in [5.41, 5.74) is 0. The Bertz CT molecular complexity index is 499. The summed E-state index contributed by atoms with van der Waals surface area (Å²) in [6.07, 6.45) is 0.796. The number of hydrogen-bond donors (Lipinski definition) is 0. The van der Waals surface area contributed by atoms with Gasteiger partial charge in [0.25, 0.3) is 0 Å². The molecule has 18 heavy (non-hydrogen) atoms. The van der Waals surface area contributed by atoms with Crippen molar-refractivity contribution in [1.82, 2.24) is 9.97 Å². The summed E-state index contributed by atoms with van der Waals surface area (Å²) in [6, 6.07) is 6.03. The maximum absolute atomic E-state index is 6.04. The highest BCUT2D eigenvalue weighted by atomic mass is 35.5. The van der Waals surface area contributed by atoms with E-state index in [0.717, 1.165) is 31.2 Å². The fourth-order valence-corrected chi connectivity index (χ4v) is 2.63. The number of aryl methyl sites for hydroxylation is 1. The summed E-state index contributed by atoms with van der Waals surface area (Å²) in [5, 5.41) is 2.61. The standard InChI is InChI=1S/C13H16ClN3S/c1-3-12-15-11(14)8-13(16-12)17(4-2)9-10-6-5-7-18-10/h5-8H,3-4,9H2,1-2H3.